The number of aromatic nitrogens is 1. The van der Waals surface area contributed by atoms with Crippen molar-refractivity contribution in [2.45, 2.75) is 26.8 Å². The monoisotopic (exact) mass is 342 g/mol. The number of rotatable bonds is 5. The number of anilines is 2. The van der Waals surface area contributed by atoms with Crippen molar-refractivity contribution < 1.29 is 14.3 Å². The van der Waals surface area contributed by atoms with Crippen LogP contribution in [0, 0.1) is 13.8 Å². The summed E-state index contributed by atoms with van der Waals surface area (Å²) in [5.74, 6) is 0.0357. The van der Waals surface area contributed by atoms with Crippen molar-refractivity contribution in [3.63, 3.8) is 0 Å². The van der Waals surface area contributed by atoms with Gasteiger partial charge >= 0.3 is 6.03 Å². The lowest BCUT2D eigenvalue weighted by Gasteiger charge is -2.15. The standard InChI is InChI=1S/C18H22N4O3/c1-11-5-7-15(12(2)9-11)21-18(24)22-17(23)13(3)20-14-6-8-16(25-4)19-10-14/h5-10,13,20H,1-4H3,(H2,21,22,23,24)/t13-/m1/s1. The van der Waals surface area contributed by atoms with Crippen LogP contribution in [-0.4, -0.2) is 30.1 Å². The first-order chi connectivity index (χ1) is 11.9. The summed E-state index contributed by atoms with van der Waals surface area (Å²) in [6.45, 7) is 5.52. The fraction of sp³-hybridized carbons (Fsp3) is 0.278. The number of carbonyl (C=O) groups is 2. The molecule has 0 saturated carbocycles. The molecule has 2 rings (SSSR count). The van der Waals surface area contributed by atoms with Gasteiger partial charge in [0.15, 0.2) is 0 Å². The van der Waals surface area contributed by atoms with Crippen LogP contribution in [0.3, 0.4) is 0 Å². The Balaban J connectivity index is 1.89. The third-order valence-corrected chi connectivity index (χ3v) is 3.59. The summed E-state index contributed by atoms with van der Waals surface area (Å²) in [6, 6.07) is 7.90. The van der Waals surface area contributed by atoms with Crippen LogP contribution in [0.1, 0.15) is 18.1 Å². The minimum absolute atomic E-state index is 0.446. The highest BCUT2D eigenvalue weighted by Gasteiger charge is 2.16. The third kappa shape index (κ3) is 5.20. The molecule has 0 aliphatic rings. The summed E-state index contributed by atoms with van der Waals surface area (Å²) in [4.78, 5) is 28.2. The van der Waals surface area contributed by atoms with Crippen molar-refractivity contribution in [1.82, 2.24) is 10.3 Å². The van der Waals surface area contributed by atoms with Crippen LogP contribution < -0.4 is 20.7 Å². The van der Waals surface area contributed by atoms with E-state index in [0.29, 0.717) is 17.3 Å². The molecule has 25 heavy (non-hydrogen) atoms. The maximum absolute atomic E-state index is 12.1. The molecule has 1 aromatic heterocycles. The number of aryl methyl sites for hydroxylation is 2. The van der Waals surface area contributed by atoms with Crippen molar-refractivity contribution in [3.8, 4) is 5.88 Å². The van der Waals surface area contributed by atoms with Gasteiger partial charge in [-0.3, -0.25) is 10.1 Å². The SMILES string of the molecule is COc1ccc(N[C@H](C)C(=O)NC(=O)Nc2ccc(C)cc2C)cn1. The van der Waals surface area contributed by atoms with E-state index in [1.165, 1.54) is 7.11 Å². The molecule has 0 aliphatic carbocycles. The Morgan fingerprint density at radius 1 is 1.16 bits per heavy atom. The van der Waals surface area contributed by atoms with Gasteiger partial charge in [-0.15, -0.1) is 0 Å². The molecule has 0 bridgehead atoms. The molecule has 3 amide bonds. The highest BCUT2D eigenvalue weighted by Crippen LogP contribution is 2.16. The number of nitrogens with zero attached hydrogens (tertiary/aromatic N) is 1. The second kappa shape index (κ2) is 8.14. The highest BCUT2D eigenvalue weighted by atomic mass is 16.5. The quantitative estimate of drug-likeness (QED) is 0.777. The zero-order chi connectivity index (χ0) is 18.4. The number of urea groups is 1. The highest BCUT2D eigenvalue weighted by molar-refractivity contribution is 6.03. The maximum atomic E-state index is 12.1. The van der Waals surface area contributed by atoms with Gasteiger partial charge in [-0.2, -0.15) is 0 Å². The lowest BCUT2D eigenvalue weighted by Crippen LogP contribution is -2.43. The van der Waals surface area contributed by atoms with Crippen molar-refractivity contribution in [2.24, 2.45) is 0 Å². The summed E-state index contributed by atoms with van der Waals surface area (Å²) in [6.07, 6.45) is 1.55. The molecule has 2 aromatic rings. The van der Waals surface area contributed by atoms with Crippen LogP contribution in [0.15, 0.2) is 36.5 Å². The number of pyridine rings is 1. The lowest BCUT2D eigenvalue weighted by molar-refractivity contribution is -0.120. The molecule has 7 heteroatoms. The predicted molar refractivity (Wildman–Crippen MR) is 97.0 cm³/mol. The molecule has 132 valence electrons. The Hall–Kier alpha value is -3.09. The number of hydrogen-bond donors (Lipinski definition) is 3. The summed E-state index contributed by atoms with van der Waals surface area (Å²) < 4.78 is 4.98. The van der Waals surface area contributed by atoms with Crippen LogP contribution in [0.2, 0.25) is 0 Å². The number of benzene rings is 1. The number of methoxy groups -OCH3 is 1. The molecule has 0 aliphatic heterocycles. The number of ether oxygens (including phenoxy) is 1. The van der Waals surface area contributed by atoms with Crippen molar-refractivity contribution in [2.75, 3.05) is 17.7 Å². The van der Waals surface area contributed by atoms with Gasteiger partial charge in [0.1, 0.15) is 6.04 Å². The van der Waals surface area contributed by atoms with Gasteiger partial charge in [0.05, 0.1) is 19.0 Å². The molecule has 1 heterocycles. The molecule has 0 fully saturated rings. The van der Waals surface area contributed by atoms with E-state index in [1.807, 2.05) is 26.0 Å². The Kier molecular flexibility index (Phi) is 5.94. The van der Waals surface area contributed by atoms with E-state index < -0.39 is 18.0 Å². The predicted octanol–water partition coefficient (Wildman–Crippen LogP) is 2.86. The van der Waals surface area contributed by atoms with Gasteiger partial charge in [0.25, 0.3) is 0 Å². The van der Waals surface area contributed by atoms with Gasteiger partial charge in [0.2, 0.25) is 11.8 Å². The maximum Gasteiger partial charge on any atom is 0.325 e. The molecule has 3 N–H and O–H groups in total. The zero-order valence-corrected chi connectivity index (χ0v) is 14.7. The minimum atomic E-state index is -0.611. The van der Waals surface area contributed by atoms with Crippen molar-refractivity contribution >= 4 is 23.3 Å². The fourth-order valence-electron chi connectivity index (χ4n) is 2.23. The first kappa shape index (κ1) is 18.3. The van der Waals surface area contributed by atoms with Crippen molar-refractivity contribution in [3.05, 3.63) is 47.7 Å². The average Bonchev–Trinajstić information content (AvgIpc) is 2.58. The fourth-order valence-corrected chi connectivity index (χ4v) is 2.23. The summed E-state index contributed by atoms with van der Waals surface area (Å²) in [5, 5.41) is 7.96. The topological polar surface area (TPSA) is 92.4 Å². The molecule has 0 saturated heterocycles. The second-order valence-electron chi connectivity index (χ2n) is 5.72. The molecule has 1 atom stereocenters. The minimum Gasteiger partial charge on any atom is -0.481 e. The van der Waals surface area contributed by atoms with E-state index >= 15 is 0 Å². The Morgan fingerprint density at radius 2 is 1.92 bits per heavy atom. The lowest BCUT2D eigenvalue weighted by atomic mass is 10.1. The molecule has 0 spiro atoms. The van der Waals surface area contributed by atoms with Gasteiger partial charge in [0, 0.05) is 11.8 Å². The van der Waals surface area contributed by atoms with Gasteiger partial charge in [-0.25, -0.2) is 9.78 Å². The zero-order valence-electron chi connectivity index (χ0n) is 14.7. The van der Waals surface area contributed by atoms with Crippen LogP contribution >= 0.6 is 0 Å². The molecular formula is C18H22N4O3. The largest absolute Gasteiger partial charge is 0.481 e. The summed E-state index contributed by atoms with van der Waals surface area (Å²) in [7, 11) is 1.53. The van der Waals surface area contributed by atoms with Crippen molar-refractivity contribution in [1.29, 1.82) is 0 Å². The summed E-state index contributed by atoms with van der Waals surface area (Å²) >= 11 is 0. The Labute approximate surface area is 146 Å². The van der Waals surface area contributed by atoms with Gasteiger partial charge in [-0.05, 0) is 38.5 Å². The van der Waals surface area contributed by atoms with Gasteiger partial charge < -0.3 is 15.4 Å². The van der Waals surface area contributed by atoms with E-state index in [4.69, 9.17) is 4.74 Å². The number of nitrogens with one attached hydrogen (secondary N) is 3. The number of imide groups is 1. The van der Waals surface area contributed by atoms with E-state index in [9.17, 15) is 9.59 Å². The van der Waals surface area contributed by atoms with Gasteiger partial charge in [-0.1, -0.05) is 17.7 Å². The third-order valence-electron chi connectivity index (χ3n) is 3.59. The van der Waals surface area contributed by atoms with Crippen LogP contribution in [0.5, 0.6) is 5.88 Å². The number of hydrogen-bond acceptors (Lipinski definition) is 5. The van der Waals surface area contributed by atoms with E-state index in [0.717, 1.165) is 11.1 Å². The van der Waals surface area contributed by atoms with Crippen LogP contribution in [0.25, 0.3) is 0 Å². The Bertz CT molecular complexity index is 759. The first-order valence-corrected chi connectivity index (χ1v) is 7.84. The Morgan fingerprint density at radius 3 is 2.52 bits per heavy atom. The normalized spacial score (nSPS) is 11.4. The van der Waals surface area contributed by atoms with E-state index in [-0.39, 0.29) is 0 Å². The van der Waals surface area contributed by atoms with Crippen LogP contribution in [0.4, 0.5) is 16.2 Å². The molecule has 0 radical (unpaired) electrons. The molecule has 1 aromatic carbocycles. The smallest absolute Gasteiger partial charge is 0.325 e. The second-order valence-corrected chi connectivity index (χ2v) is 5.72. The summed E-state index contributed by atoms with van der Waals surface area (Å²) in [5.41, 5.74) is 3.35. The number of carbonyl (C=O) groups excluding carboxylic acids is 2. The van der Waals surface area contributed by atoms with E-state index in [2.05, 4.69) is 20.9 Å². The first-order valence-electron chi connectivity index (χ1n) is 7.84. The van der Waals surface area contributed by atoms with Crippen LogP contribution in [-0.2, 0) is 4.79 Å². The number of amides is 3. The average molecular weight is 342 g/mol. The molecule has 0 unspecified atom stereocenters. The van der Waals surface area contributed by atoms with E-state index in [1.54, 1.807) is 31.3 Å². The molecule has 7 nitrogen and oxygen atoms in total. The molecular weight excluding hydrogens is 320 g/mol.